The second-order valence-electron chi connectivity index (χ2n) is 5.64. The average molecular weight is 310 g/mol. The molecule has 0 spiro atoms. The van der Waals surface area contributed by atoms with Crippen LogP contribution in [0.15, 0.2) is 22.7 Å². The summed E-state index contributed by atoms with van der Waals surface area (Å²) in [4.78, 5) is 0. The fourth-order valence-corrected chi connectivity index (χ4v) is 3.77. The minimum absolute atomic E-state index is 0.504. The number of aryl methyl sites for hydroxylation is 1. The van der Waals surface area contributed by atoms with Crippen LogP contribution in [0.1, 0.15) is 55.7 Å². The van der Waals surface area contributed by atoms with E-state index < -0.39 is 0 Å². The largest absolute Gasteiger partial charge is 0.313 e. The fraction of sp³-hybridized carbons (Fsp3) is 0.625. The summed E-state index contributed by atoms with van der Waals surface area (Å²) in [6, 6.07) is 7.26. The van der Waals surface area contributed by atoms with Crippen molar-refractivity contribution < 1.29 is 0 Å². The van der Waals surface area contributed by atoms with Crippen molar-refractivity contribution in [2.24, 2.45) is 5.92 Å². The highest BCUT2D eigenvalue weighted by molar-refractivity contribution is 9.10. The lowest BCUT2D eigenvalue weighted by atomic mass is 9.83. The SMILES string of the molecule is CNC(CC1CCCCC1)c1cc(C)cc(Br)c1. The summed E-state index contributed by atoms with van der Waals surface area (Å²) in [6.45, 7) is 2.17. The fourth-order valence-electron chi connectivity index (χ4n) is 3.14. The van der Waals surface area contributed by atoms with Crippen LogP contribution in [0.3, 0.4) is 0 Å². The summed E-state index contributed by atoms with van der Waals surface area (Å²) in [5.74, 6) is 0.912. The van der Waals surface area contributed by atoms with E-state index in [2.05, 4.69) is 53.4 Å². The minimum atomic E-state index is 0.504. The zero-order valence-electron chi connectivity index (χ0n) is 11.5. The lowest BCUT2D eigenvalue weighted by Crippen LogP contribution is -2.21. The molecule has 0 saturated heterocycles. The van der Waals surface area contributed by atoms with E-state index in [9.17, 15) is 0 Å². The first-order valence-corrected chi connectivity index (χ1v) is 7.92. The molecule has 0 heterocycles. The van der Waals surface area contributed by atoms with Gasteiger partial charge in [-0.05, 0) is 49.6 Å². The second-order valence-corrected chi connectivity index (χ2v) is 6.56. The van der Waals surface area contributed by atoms with Gasteiger partial charge in [0.15, 0.2) is 0 Å². The van der Waals surface area contributed by atoms with E-state index in [1.54, 1.807) is 0 Å². The molecule has 100 valence electrons. The Kier molecular flexibility index (Phi) is 5.25. The Hall–Kier alpha value is -0.340. The normalized spacial score (nSPS) is 18.8. The molecule has 1 nitrogen and oxygen atoms in total. The van der Waals surface area contributed by atoms with E-state index in [-0.39, 0.29) is 0 Å². The van der Waals surface area contributed by atoms with E-state index in [1.807, 2.05) is 0 Å². The predicted molar refractivity (Wildman–Crippen MR) is 81.9 cm³/mol. The summed E-state index contributed by atoms with van der Waals surface area (Å²) in [6.07, 6.45) is 8.43. The quantitative estimate of drug-likeness (QED) is 0.826. The number of nitrogens with one attached hydrogen (secondary N) is 1. The van der Waals surface area contributed by atoms with Crippen LogP contribution in [0.5, 0.6) is 0 Å². The topological polar surface area (TPSA) is 12.0 Å². The molecule has 0 bridgehead atoms. The van der Waals surface area contributed by atoms with Gasteiger partial charge >= 0.3 is 0 Å². The maximum Gasteiger partial charge on any atom is 0.0320 e. The van der Waals surface area contributed by atoms with Gasteiger partial charge in [-0.15, -0.1) is 0 Å². The van der Waals surface area contributed by atoms with Crippen molar-refractivity contribution in [3.05, 3.63) is 33.8 Å². The third-order valence-electron chi connectivity index (χ3n) is 4.11. The van der Waals surface area contributed by atoms with Crippen molar-refractivity contribution in [1.29, 1.82) is 0 Å². The molecule has 1 N–H and O–H groups in total. The summed E-state index contributed by atoms with van der Waals surface area (Å²) >= 11 is 3.61. The monoisotopic (exact) mass is 309 g/mol. The lowest BCUT2D eigenvalue weighted by Gasteiger charge is -2.27. The molecule has 1 aromatic carbocycles. The Balaban J connectivity index is 2.06. The van der Waals surface area contributed by atoms with Crippen LogP contribution < -0.4 is 5.32 Å². The van der Waals surface area contributed by atoms with Crippen molar-refractivity contribution >= 4 is 15.9 Å². The Labute approximate surface area is 119 Å². The van der Waals surface area contributed by atoms with Gasteiger partial charge < -0.3 is 5.32 Å². The zero-order valence-corrected chi connectivity index (χ0v) is 13.1. The molecular formula is C16H24BrN. The van der Waals surface area contributed by atoms with Gasteiger partial charge in [-0.3, -0.25) is 0 Å². The maximum atomic E-state index is 3.61. The van der Waals surface area contributed by atoms with E-state index >= 15 is 0 Å². The highest BCUT2D eigenvalue weighted by atomic mass is 79.9. The van der Waals surface area contributed by atoms with E-state index in [0.29, 0.717) is 6.04 Å². The smallest absolute Gasteiger partial charge is 0.0320 e. The molecule has 1 saturated carbocycles. The van der Waals surface area contributed by atoms with Crippen molar-refractivity contribution in [1.82, 2.24) is 5.32 Å². The van der Waals surface area contributed by atoms with Crippen molar-refractivity contribution in [2.45, 2.75) is 51.5 Å². The molecule has 18 heavy (non-hydrogen) atoms. The summed E-state index contributed by atoms with van der Waals surface area (Å²) < 4.78 is 1.20. The molecule has 0 aliphatic heterocycles. The first-order chi connectivity index (χ1) is 8.69. The summed E-state index contributed by atoms with van der Waals surface area (Å²) in [7, 11) is 2.09. The van der Waals surface area contributed by atoms with Gasteiger partial charge in [-0.1, -0.05) is 54.1 Å². The number of rotatable bonds is 4. The third-order valence-corrected chi connectivity index (χ3v) is 4.57. The van der Waals surface area contributed by atoms with E-state index in [1.165, 1.54) is 54.1 Å². The molecule has 0 aromatic heterocycles. The van der Waals surface area contributed by atoms with Crippen LogP contribution in [0.4, 0.5) is 0 Å². The molecule has 1 aromatic rings. The highest BCUT2D eigenvalue weighted by Gasteiger charge is 2.19. The van der Waals surface area contributed by atoms with Crippen LogP contribution in [-0.2, 0) is 0 Å². The molecule has 1 fully saturated rings. The van der Waals surface area contributed by atoms with Gasteiger partial charge in [0.05, 0.1) is 0 Å². The van der Waals surface area contributed by atoms with Crippen LogP contribution in [0.2, 0.25) is 0 Å². The van der Waals surface area contributed by atoms with E-state index in [4.69, 9.17) is 0 Å². The number of hydrogen-bond donors (Lipinski definition) is 1. The molecule has 2 rings (SSSR count). The van der Waals surface area contributed by atoms with Crippen molar-refractivity contribution in [3.63, 3.8) is 0 Å². The highest BCUT2D eigenvalue weighted by Crippen LogP contribution is 2.32. The van der Waals surface area contributed by atoms with Gasteiger partial charge in [-0.2, -0.15) is 0 Å². The molecule has 0 amide bonds. The van der Waals surface area contributed by atoms with E-state index in [0.717, 1.165) is 5.92 Å². The Morgan fingerprint density at radius 1 is 1.22 bits per heavy atom. The van der Waals surface area contributed by atoms with Crippen molar-refractivity contribution in [3.8, 4) is 0 Å². The van der Waals surface area contributed by atoms with Gasteiger partial charge in [0.25, 0.3) is 0 Å². The molecule has 2 heteroatoms. The second kappa shape index (κ2) is 6.72. The molecule has 1 unspecified atom stereocenters. The van der Waals surface area contributed by atoms with Crippen LogP contribution in [-0.4, -0.2) is 7.05 Å². The first kappa shape index (κ1) is 14.1. The van der Waals surface area contributed by atoms with Gasteiger partial charge in [0, 0.05) is 10.5 Å². The van der Waals surface area contributed by atoms with Gasteiger partial charge in [0.2, 0.25) is 0 Å². The number of hydrogen-bond acceptors (Lipinski definition) is 1. The molecule has 0 radical (unpaired) electrons. The summed E-state index contributed by atoms with van der Waals surface area (Å²) in [5.41, 5.74) is 2.76. The predicted octanol–water partition coefficient (Wildman–Crippen LogP) is 4.99. The Bertz CT molecular complexity index is 362. The minimum Gasteiger partial charge on any atom is -0.313 e. The average Bonchev–Trinajstić information content (AvgIpc) is 2.36. The van der Waals surface area contributed by atoms with Gasteiger partial charge in [-0.25, -0.2) is 0 Å². The molecule has 1 aliphatic rings. The number of benzene rings is 1. The Morgan fingerprint density at radius 2 is 1.94 bits per heavy atom. The third kappa shape index (κ3) is 3.83. The molecule has 1 atom stereocenters. The lowest BCUT2D eigenvalue weighted by molar-refractivity contribution is 0.305. The van der Waals surface area contributed by atoms with Gasteiger partial charge in [0.1, 0.15) is 0 Å². The number of halogens is 1. The Morgan fingerprint density at radius 3 is 2.56 bits per heavy atom. The maximum absolute atomic E-state index is 3.61. The standard InChI is InChI=1S/C16H24BrN/c1-12-8-14(11-15(17)9-12)16(18-2)10-13-6-4-3-5-7-13/h8-9,11,13,16,18H,3-7,10H2,1-2H3. The van der Waals surface area contributed by atoms with Crippen LogP contribution in [0.25, 0.3) is 0 Å². The molecule has 1 aliphatic carbocycles. The van der Waals surface area contributed by atoms with Crippen LogP contribution in [0, 0.1) is 12.8 Å². The van der Waals surface area contributed by atoms with Crippen LogP contribution >= 0.6 is 15.9 Å². The first-order valence-electron chi connectivity index (χ1n) is 7.13. The molecular weight excluding hydrogens is 286 g/mol. The zero-order chi connectivity index (χ0) is 13.0. The van der Waals surface area contributed by atoms with Crippen molar-refractivity contribution in [2.75, 3.05) is 7.05 Å². The summed E-state index contributed by atoms with van der Waals surface area (Å²) in [5, 5.41) is 3.50.